The number of ether oxygens (including phenoxy) is 2. The van der Waals surface area contributed by atoms with Gasteiger partial charge in [-0.05, 0) is 54.2 Å². The molecule has 0 aliphatic carbocycles. The van der Waals surface area contributed by atoms with Crippen LogP contribution in [0.5, 0.6) is 5.75 Å². The molecule has 3 aliphatic heterocycles. The summed E-state index contributed by atoms with van der Waals surface area (Å²) in [5.74, 6) is 0.699. The van der Waals surface area contributed by atoms with E-state index in [1.54, 1.807) is 19.2 Å². The molecule has 1 amide bonds. The van der Waals surface area contributed by atoms with Crippen molar-refractivity contribution in [2.75, 3.05) is 31.7 Å². The molecular formula is C28H28F2N4O3. The summed E-state index contributed by atoms with van der Waals surface area (Å²) in [4.78, 5) is 26.5. The zero-order valence-corrected chi connectivity index (χ0v) is 20.5. The number of para-hydroxylation sites is 1. The molecule has 9 heteroatoms. The van der Waals surface area contributed by atoms with Crippen LogP contribution in [-0.4, -0.2) is 60.2 Å². The van der Waals surface area contributed by atoms with Crippen LogP contribution in [0.1, 0.15) is 52.7 Å². The minimum absolute atomic E-state index is 0.0221. The first-order chi connectivity index (χ1) is 18.0. The van der Waals surface area contributed by atoms with Crippen LogP contribution in [0.25, 0.3) is 11.1 Å². The van der Waals surface area contributed by atoms with Crippen molar-refractivity contribution in [1.29, 1.82) is 0 Å². The van der Waals surface area contributed by atoms with Crippen LogP contribution in [0.15, 0.2) is 54.9 Å². The van der Waals surface area contributed by atoms with E-state index < -0.39 is 6.61 Å². The third kappa shape index (κ3) is 4.21. The highest BCUT2D eigenvalue weighted by Gasteiger charge is 2.46. The molecule has 4 heterocycles. The Labute approximate surface area is 214 Å². The summed E-state index contributed by atoms with van der Waals surface area (Å²) in [5, 5.41) is 0. The van der Waals surface area contributed by atoms with Crippen molar-refractivity contribution in [2.24, 2.45) is 0 Å². The van der Waals surface area contributed by atoms with E-state index in [-0.39, 0.29) is 29.7 Å². The second-order valence-electron chi connectivity index (χ2n) is 9.77. The number of methoxy groups -OCH3 is 1. The second kappa shape index (κ2) is 9.70. The second-order valence-corrected chi connectivity index (χ2v) is 9.77. The SMILES string of the molecule is COCC1CCCN1c1ncc(-c2ccc3c(c2)[C@H]2[C@@H](c4ccccc4OC(F)F)CCN2C3=O)cn1. The van der Waals surface area contributed by atoms with Gasteiger partial charge in [0.15, 0.2) is 0 Å². The largest absolute Gasteiger partial charge is 0.435 e. The van der Waals surface area contributed by atoms with Gasteiger partial charge in [0, 0.05) is 49.6 Å². The maximum absolute atomic E-state index is 13.2. The van der Waals surface area contributed by atoms with Gasteiger partial charge in [-0.2, -0.15) is 8.78 Å². The predicted octanol–water partition coefficient (Wildman–Crippen LogP) is 5.04. The number of hydrogen-bond acceptors (Lipinski definition) is 6. The Kier molecular flexibility index (Phi) is 6.24. The van der Waals surface area contributed by atoms with Gasteiger partial charge in [0.2, 0.25) is 5.95 Å². The smallest absolute Gasteiger partial charge is 0.387 e. The molecule has 0 N–H and O–H groups in total. The molecule has 3 aliphatic rings. The van der Waals surface area contributed by atoms with Crippen molar-refractivity contribution in [3.8, 4) is 16.9 Å². The van der Waals surface area contributed by atoms with E-state index in [4.69, 9.17) is 9.47 Å². The average Bonchev–Trinajstić information content (AvgIpc) is 3.61. The molecule has 37 heavy (non-hydrogen) atoms. The Hall–Kier alpha value is -3.59. The molecule has 6 rings (SSSR count). The highest BCUT2D eigenvalue weighted by molar-refractivity contribution is 6.00. The maximum atomic E-state index is 13.2. The number of fused-ring (bicyclic) bond motifs is 3. The van der Waals surface area contributed by atoms with E-state index in [2.05, 4.69) is 14.9 Å². The van der Waals surface area contributed by atoms with E-state index in [0.29, 0.717) is 36.6 Å². The molecule has 1 unspecified atom stereocenters. The van der Waals surface area contributed by atoms with Crippen LogP contribution in [0, 0.1) is 0 Å². The van der Waals surface area contributed by atoms with Gasteiger partial charge in [-0.1, -0.05) is 24.3 Å². The molecule has 0 radical (unpaired) electrons. The van der Waals surface area contributed by atoms with Crippen LogP contribution >= 0.6 is 0 Å². The van der Waals surface area contributed by atoms with Gasteiger partial charge in [-0.25, -0.2) is 9.97 Å². The minimum atomic E-state index is -2.91. The molecule has 0 saturated carbocycles. The summed E-state index contributed by atoms with van der Waals surface area (Å²) >= 11 is 0. The van der Waals surface area contributed by atoms with E-state index in [1.165, 1.54) is 0 Å². The van der Waals surface area contributed by atoms with Gasteiger partial charge in [0.1, 0.15) is 5.75 Å². The molecule has 192 valence electrons. The summed E-state index contributed by atoms with van der Waals surface area (Å²) in [7, 11) is 1.71. The summed E-state index contributed by atoms with van der Waals surface area (Å²) in [6.45, 7) is -0.785. The first kappa shape index (κ1) is 23.8. The average molecular weight is 507 g/mol. The zero-order chi connectivity index (χ0) is 25.5. The van der Waals surface area contributed by atoms with E-state index in [0.717, 1.165) is 36.1 Å². The third-order valence-electron chi connectivity index (χ3n) is 7.76. The number of halogens is 2. The standard InChI is InChI=1S/C28H28F2N4O3/c1-36-16-19-5-4-11-33(19)28-31-14-18(15-32-28)17-8-9-22-23(13-17)25-21(10-12-34(25)26(22)35)20-6-2-3-7-24(20)37-27(29)30/h2-3,6-9,13-15,19,21,25,27H,4-5,10-12,16H2,1H3/t19?,21-,25-/m1/s1. The summed E-state index contributed by atoms with van der Waals surface area (Å²) in [6.07, 6.45) is 6.46. The summed E-state index contributed by atoms with van der Waals surface area (Å²) < 4.78 is 36.3. The van der Waals surface area contributed by atoms with Crippen molar-refractivity contribution in [3.05, 3.63) is 71.5 Å². The van der Waals surface area contributed by atoms with Crippen LogP contribution < -0.4 is 9.64 Å². The lowest BCUT2D eigenvalue weighted by Crippen LogP contribution is -2.34. The number of aromatic nitrogens is 2. The Morgan fingerprint density at radius 3 is 2.59 bits per heavy atom. The number of rotatable bonds is 7. The van der Waals surface area contributed by atoms with Crippen molar-refractivity contribution >= 4 is 11.9 Å². The molecule has 0 bridgehead atoms. The number of amides is 1. The molecule has 2 aromatic carbocycles. The normalized spacial score (nSPS) is 22.6. The van der Waals surface area contributed by atoms with E-state index >= 15 is 0 Å². The Bertz CT molecular complexity index is 1300. The third-order valence-corrected chi connectivity index (χ3v) is 7.76. The molecule has 7 nitrogen and oxygen atoms in total. The fourth-order valence-electron chi connectivity index (χ4n) is 6.14. The Morgan fingerprint density at radius 2 is 1.81 bits per heavy atom. The first-order valence-electron chi connectivity index (χ1n) is 12.6. The highest BCUT2D eigenvalue weighted by atomic mass is 19.3. The summed E-state index contributed by atoms with van der Waals surface area (Å²) in [6, 6.07) is 12.7. The molecule has 3 atom stereocenters. The van der Waals surface area contributed by atoms with Gasteiger partial charge in [-0.15, -0.1) is 0 Å². The van der Waals surface area contributed by atoms with Crippen molar-refractivity contribution < 1.29 is 23.0 Å². The number of nitrogens with zero attached hydrogens (tertiary/aromatic N) is 4. The van der Waals surface area contributed by atoms with Gasteiger partial charge in [0.05, 0.1) is 18.7 Å². The number of alkyl halides is 2. The molecule has 0 spiro atoms. The lowest BCUT2D eigenvalue weighted by atomic mass is 9.86. The van der Waals surface area contributed by atoms with E-state index in [9.17, 15) is 13.6 Å². The fourth-order valence-corrected chi connectivity index (χ4v) is 6.14. The van der Waals surface area contributed by atoms with Gasteiger partial charge < -0.3 is 19.3 Å². The first-order valence-corrected chi connectivity index (χ1v) is 12.6. The Balaban J connectivity index is 1.31. The maximum Gasteiger partial charge on any atom is 0.387 e. The summed E-state index contributed by atoms with van der Waals surface area (Å²) in [5.41, 5.74) is 4.03. The molecular weight excluding hydrogens is 478 g/mol. The van der Waals surface area contributed by atoms with Gasteiger partial charge >= 0.3 is 6.61 Å². The fraction of sp³-hybridized carbons (Fsp3) is 0.393. The molecule has 1 aromatic heterocycles. The number of benzene rings is 2. The lowest BCUT2D eigenvalue weighted by molar-refractivity contribution is -0.0507. The van der Waals surface area contributed by atoms with Crippen LogP contribution in [0.3, 0.4) is 0 Å². The predicted molar refractivity (Wildman–Crippen MR) is 134 cm³/mol. The number of anilines is 1. The Morgan fingerprint density at radius 1 is 1.00 bits per heavy atom. The van der Waals surface area contributed by atoms with Crippen molar-refractivity contribution in [2.45, 2.75) is 43.9 Å². The number of hydrogen-bond donors (Lipinski definition) is 0. The highest BCUT2D eigenvalue weighted by Crippen LogP contribution is 2.51. The molecule has 3 aromatic rings. The lowest BCUT2D eigenvalue weighted by Gasteiger charge is -2.24. The van der Waals surface area contributed by atoms with Gasteiger partial charge in [0.25, 0.3) is 5.91 Å². The van der Waals surface area contributed by atoms with Gasteiger partial charge in [-0.3, -0.25) is 4.79 Å². The number of carbonyl (C=O) groups is 1. The van der Waals surface area contributed by atoms with Crippen molar-refractivity contribution in [1.82, 2.24) is 14.9 Å². The van der Waals surface area contributed by atoms with Crippen molar-refractivity contribution in [3.63, 3.8) is 0 Å². The number of carbonyl (C=O) groups excluding carboxylic acids is 1. The molecule has 2 saturated heterocycles. The monoisotopic (exact) mass is 506 g/mol. The van der Waals surface area contributed by atoms with Crippen LogP contribution in [0.2, 0.25) is 0 Å². The van der Waals surface area contributed by atoms with Crippen LogP contribution in [-0.2, 0) is 4.74 Å². The van der Waals surface area contributed by atoms with E-state index in [1.807, 2.05) is 47.6 Å². The zero-order valence-electron chi connectivity index (χ0n) is 20.5. The van der Waals surface area contributed by atoms with Crippen LogP contribution in [0.4, 0.5) is 14.7 Å². The molecule has 2 fully saturated rings. The minimum Gasteiger partial charge on any atom is -0.435 e. The quantitative estimate of drug-likeness (QED) is 0.447. The topological polar surface area (TPSA) is 67.8 Å².